The van der Waals surface area contributed by atoms with Crippen LogP contribution in [0.15, 0.2) is 0 Å². The summed E-state index contributed by atoms with van der Waals surface area (Å²) < 4.78 is 4.65. The van der Waals surface area contributed by atoms with Gasteiger partial charge >= 0.3 is 5.97 Å². The zero-order valence-corrected chi connectivity index (χ0v) is 6.44. The first-order valence-corrected chi connectivity index (χ1v) is 3.92. The fourth-order valence-corrected chi connectivity index (χ4v) is 1.56. The number of carbonyl (C=O) groups excluding carboxylic acids is 2. The summed E-state index contributed by atoms with van der Waals surface area (Å²) in [4.78, 5) is 21.2. The molecule has 1 heterocycles. The van der Waals surface area contributed by atoms with Crippen molar-refractivity contribution in [2.75, 3.05) is 6.61 Å². The van der Waals surface area contributed by atoms with Gasteiger partial charge in [0.05, 0.1) is 6.61 Å². The maximum absolute atomic E-state index is 10.7. The summed E-state index contributed by atoms with van der Waals surface area (Å²) in [5.41, 5.74) is 0. The van der Waals surface area contributed by atoms with Crippen LogP contribution in [0.5, 0.6) is 0 Å². The number of ether oxygens (including phenoxy) is 1. The second kappa shape index (κ2) is 3.05. The van der Waals surface area contributed by atoms with Crippen molar-refractivity contribution < 1.29 is 14.3 Å². The molecule has 1 saturated heterocycles. The van der Waals surface area contributed by atoms with Crippen LogP contribution in [0.1, 0.15) is 13.3 Å². The highest BCUT2D eigenvalue weighted by Crippen LogP contribution is 2.21. The average molecular weight is 160 g/mol. The van der Waals surface area contributed by atoms with Crippen molar-refractivity contribution in [2.45, 2.75) is 18.6 Å². The van der Waals surface area contributed by atoms with Gasteiger partial charge < -0.3 is 4.74 Å². The molecule has 0 spiro atoms. The third-order valence-corrected chi connectivity index (χ3v) is 2.24. The average Bonchev–Trinajstić information content (AvgIpc) is 2.15. The van der Waals surface area contributed by atoms with Crippen LogP contribution in [0.3, 0.4) is 0 Å². The third-order valence-electron chi connectivity index (χ3n) is 1.20. The molecule has 0 radical (unpaired) electrons. The molecule has 1 rings (SSSR count). The van der Waals surface area contributed by atoms with E-state index in [0.717, 1.165) is 11.8 Å². The van der Waals surface area contributed by atoms with E-state index in [0.29, 0.717) is 13.0 Å². The SMILES string of the molecule is CC(=O)S[C@H]1CCOC1=O. The van der Waals surface area contributed by atoms with Crippen molar-refractivity contribution in [1.82, 2.24) is 0 Å². The summed E-state index contributed by atoms with van der Waals surface area (Å²) in [5.74, 6) is -0.250. The molecular formula is C6H8O3S. The second-order valence-electron chi connectivity index (χ2n) is 2.05. The Morgan fingerprint density at radius 2 is 2.50 bits per heavy atom. The number of hydrogen-bond donors (Lipinski definition) is 0. The van der Waals surface area contributed by atoms with Gasteiger partial charge in [0, 0.05) is 13.3 Å². The number of hydrogen-bond acceptors (Lipinski definition) is 4. The van der Waals surface area contributed by atoms with Crippen LogP contribution in [0.25, 0.3) is 0 Å². The molecule has 0 aliphatic carbocycles. The van der Waals surface area contributed by atoms with Gasteiger partial charge in [-0.2, -0.15) is 0 Å². The monoisotopic (exact) mass is 160 g/mol. The molecule has 1 fully saturated rings. The zero-order valence-electron chi connectivity index (χ0n) is 5.62. The summed E-state index contributed by atoms with van der Waals surface area (Å²) in [6, 6.07) is 0. The van der Waals surface area contributed by atoms with Gasteiger partial charge in [0.25, 0.3) is 0 Å². The predicted octanol–water partition coefficient (Wildman–Crippen LogP) is 0.582. The zero-order chi connectivity index (χ0) is 7.56. The molecule has 56 valence electrons. The molecule has 0 amide bonds. The number of carbonyl (C=O) groups is 2. The van der Waals surface area contributed by atoms with Gasteiger partial charge in [-0.3, -0.25) is 9.59 Å². The summed E-state index contributed by atoms with van der Waals surface area (Å²) in [6.07, 6.45) is 0.670. The van der Waals surface area contributed by atoms with Crippen molar-refractivity contribution >= 4 is 22.8 Å². The fraction of sp³-hybridized carbons (Fsp3) is 0.667. The summed E-state index contributed by atoms with van der Waals surface area (Å²) in [7, 11) is 0. The van der Waals surface area contributed by atoms with Gasteiger partial charge in [-0.1, -0.05) is 11.8 Å². The lowest BCUT2D eigenvalue weighted by Gasteiger charge is -1.98. The van der Waals surface area contributed by atoms with E-state index in [1.807, 2.05) is 0 Å². The number of rotatable bonds is 1. The van der Waals surface area contributed by atoms with Crippen LogP contribution >= 0.6 is 11.8 Å². The Hall–Kier alpha value is -0.510. The van der Waals surface area contributed by atoms with E-state index in [-0.39, 0.29) is 16.3 Å². The predicted molar refractivity (Wildman–Crippen MR) is 37.6 cm³/mol. The summed E-state index contributed by atoms with van der Waals surface area (Å²) in [5, 5.41) is -0.263. The Balaban J connectivity index is 2.40. The van der Waals surface area contributed by atoms with E-state index in [1.165, 1.54) is 6.92 Å². The Bertz CT molecular complexity index is 166. The minimum Gasteiger partial charge on any atom is -0.465 e. The minimum atomic E-state index is -0.250. The van der Waals surface area contributed by atoms with Crippen molar-refractivity contribution in [2.24, 2.45) is 0 Å². The lowest BCUT2D eigenvalue weighted by molar-refractivity contribution is -0.137. The van der Waals surface area contributed by atoms with E-state index in [9.17, 15) is 9.59 Å². The first-order valence-electron chi connectivity index (χ1n) is 3.04. The molecule has 0 aromatic carbocycles. The Labute approximate surface area is 63.1 Å². The molecule has 1 aliphatic heterocycles. The molecule has 0 unspecified atom stereocenters. The van der Waals surface area contributed by atoms with E-state index < -0.39 is 0 Å². The normalized spacial score (nSPS) is 24.5. The van der Waals surface area contributed by atoms with Crippen molar-refractivity contribution in [3.05, 3.63) is 0 Å². The molecule has 10 heavy (non-hydrogen) atoms. The van der Waals surface area contributed by atoms with E-state index in [2.05, 4.69) is 4.74 Å². The molecule has 4 heteroatoms. The second-order valence-corrected chi connectivity index (χ2v) is 3.43. The van der Waals surface area contributed by atoms with Crippen LogP contribution in [-0.4, -0.2) is 22.9 Å². The van der Waals surface area contributed by atoms with Crippen LogP contribution in [0.2, 0.25) is 0 Å². The van der Waals surface area contributed by atoms with Gasteiger partial charge in [0.1, 0.15) is 5.25 Å². The standard InChI is InChI=1S/C6H8O3S/c1-4(7)10-5-2-3-9-6(5)8/h5H,2-3H2,1H3/t5-/m0/s1. The van der Waals surface area contributed by atoms with E-state index in [4.69, 9.17) is 0 Å². The van der Waals surface area contributed by atoms with Crippen LogP contribution in [0, 0.1) is 0 Å². The maximum atomic E-state index is 10.7. The van der Waals surface area contributed by atoms with Crippen LogP contribution < -0.4 is 0 Å². The minimum absolute atomic E-state index is 0.0242. The van der Waals surface area contributed by atoms with E-state index >= 15 is 0 Å². The molecule has 0 bridgehead atoms. The quantitative estimate of drug-likeness (QED) is 0.526. The fourth-order valence-electron chi connectivity index (χ4n) is 0.785. The third kappa shape index (κ3) is 1.73. The highest BCUT2D eigenvalue weighted by Gasteiger charge is 2.27. The molecule has 1 atom stereocenters. The van der Waals surface area contributed by atoms with Crippen molar-refractivity contribution in [1.29, 1.82) is 0 Å². The van der Waals surface area contributed by atoms with E-state index in [1.54, 1.807) is 0 Å². The lowest BCUT2D eigenvalue weighted by atomic mass is 10.4. The smallest absolute Gasteiger partial charge is 0.319 e. The Morgan fingerprint density at radius 1 is 1.80 bits per heavy atom. The topological polar surface area (TPSA) is 43.4 Å². The lowest BCUT2D eigenvalue weighted by Crippen LogP contribution is -2.11. The molecule has 0 saturated carbocycles. The number of thioether (sulfide) groups is 1. The molecule has 3 nitrogen and oxygen atoms in total. The summed E-state index contributed by atoms with van der Waals surface area (Å²) in [6.45, 7) is 1.92. The van der Waals surface area contributed by atoms with Crippen LogP contribution in [-0.2, 0) is 14.3 Å². The molecular weight excluding hydrogens is 152 g/mol. The van der Waals surface area contributed by atoms with Gasteiger partial charge in [-0.15, -0.1) is 0 Å². The Morgan fingerprint density at radius 3 is 2.90 bits per heavy atom. The van der Waals surface area contributed by atoms with Gasteiger partial charge in [-0.05, 0) is 0 Å². The number of esters is 1. The Kier molecular flexibility index (Phi) is 2.32. The van der Waals surface area contributed by atoms with Crippen LogP contribution in [0.4, 0.5) is 0 Å². The molecule has 0 N–H and O–H groups in total. The number of cyclic esters (lactones) is 1. The van der Waals surface area contributed by atoms with Gasteiger partial charge in [0.2, 0.25) is 0 Å². The maximum Gasteiger partial charge on any atom is 0.319 e. The molecule has 0 aromatic heterocycles. The van der Waals surface area contributed by atoms with Crippen molar-refractivity contribution in [3.8, 4) is 0 Å². The summed E-state index contributed by atoms with van der Waals surface area (Å²) >= 11 is 1.06. The largest absolute Gasteiger partial charge is 0.465 e. The van der Waals surface area contributed by atoms with Gasteiger partial charge in [0.15, 0.2) is 5.12 Å². The first kappa shape index (κ1) is 7.60. The van der Waals surface area contributed by atoms with Gasteiger partial charge in [-0.25, -0.2) is 0 Å². The molecule has 1 aliphatic rings. The highest BCUT2D eigenvalue weighted by molar-refractivity contribution is 8.14. The molecule has 0 aromatic rings. The first-order chi connectivity index (χ1) is 4.70. The highest BCUT2D eigenvalue weighted by atomic mass is 32.2. The van der Waals surface area contributed by atoms with Crippen molar-refractivity contribution in [3.63, 3.8) is 0 Å².